The second-order valence-electron chi connectivity index (χ2n) is 3.55. The zero-order valence-electron chi connectivity index (χ0n) is 8.94. The van der Waals surface area contributed by atoms with E-state index in [0.717, 1.165) is 5.69 Å². The van der Waals surface area contributed by atoms with Crippen molar-refractivity contribution in [3.05, 3.63) is 53.1 Å². The van der Waals surface area contributed by atoms with Crippen LogP contribution in [0.5, 0.6) is 0 Å². The van der Waals surface area contributed by atoms with Crippen LogP contribution in [-0.4, -0.2) is 0 Å². The number of anilines is 3. The molecule has 0 bridgehead atoms. The van der Waals surface area contributed by atoms with Crippen LogP contribution in [0, 0.1) is 11.3 Å². The standard InChI is InChI=1S/C13H10ClN3/c14-10-2-1-3-11(7-10)17-13-6-9(8-15)4-5-12(13)16/h1-7,17H,16H2. The van der Waals surface area contributed by atoms with Crippen molar-refractivity contribution in [2.24, 2.45) is 0 Å². The number of hydrogen-bond acceptors (Lipinski definition) is 3. The molecule has 0 saturated carbocycles. The van der Waals surface area contributed by atoms with E-state index >= 15 is 0 Å². The number of rotatable bonds is 2. The van der Waals surface area contributed by atoms with Gasteiger partial charge in [-0.25, -0.2) is 0 Å². The van der Waals surface area contributed by atoms with Crippen LogP contribution in [0.25, 0.3) is 0 Å². The van der Waals surface area contributed by atoms with Gasteiger partial charge in [-0.05, 0) is 36.4 Å². The summed E-state index contributed by atoms with van der Waals surface area (Å²) in [4.78, 5) is 0. The largest absolute Gasteiger partial charge is 0.397 e. The Kier molecular flexibility index (Phi) is 3.17. The molecule has 2 rings (SSSR count). The molecular weight excluding hydrogens is 234 g/mol. The number of halogens is 1. The normalized spacial score (nSPS) is 9.65. The van der Waals surface area contributed by atoms with Crippen LogP contribution in [-0.2, 0) is 0 Å². The lowest BCUT2D eigenvalue weighted by molar-refractivity contribution is 1.47. The third kappa shape index (κ3) is 2.68. The number of nitrogens with zero attached hydrogens (tertiary/aromatic N) is 1. The van der Waals surface area contributed by atoms with Gasteiger partial charge in [0.25, 0.3) is 0 Å². The Labute approximate surface area is 104 Å². The van der Waals surface area contributed by atoms with Crippen molar-refractivity contribution in [1.82, 2.24) is 0 Å². The molecule has 0 amide bonds. The van der Waals surface area contributed by atoms with Gasteiger partial charge in [0, 0.05) is 10.7 Å². The van der Waals surface area contributed by atoms with E-state index in [4.69, 9.17) is 22.6 Å². The van der Waals surface area contributed by atoms with Gasteiger partial charge in [-0.2, -0.15) is 5.26 Å². The number of nitrogens with two attached hydrogens (primary N) is 1. The summed E-state index contributed by atoms with van der Waals surface area (Å²) >= 11 is 5.89. The molecule has 0 unspecified atom stereocenters. The highest BCUT2D eigenvalue weighted by Gasteiger charge is 2.02. The van der Waals surface area contributed by atoms with Gasteiger partial charge in [-0.1, -0.05) is 17.7 Å². The Morgan fingerprint density at radius 1 is 1.18 bits per heavy atom. The summed E-state index contributed by atoms with van der Waals surface area (Å²) in [7, 11) is 0. The van der Waals surface area contributed by atoms with Crippen molar-refractivity contribution >= 4 is 28.7 Å². The van der Waals surface area contributed by atoms with Crippen molar-refractivity contribution in [2.75, 3.05) is 11.1 Å². The molecule has 0 aromatic heterocycles. The van der Waals surface area contributed by atoms with Crippen LogP contribution in [0.2, 0.25) is 5.02 Å². The van der Waals surface area contributed by atoms with Crippen molar-refractivity contribution < 1.29 is 0 Å². The molecule has 0 spiro atoms. The summed E-state index contributed by atoms with van der Waals surface area (Å²) in [5.41, 5.74) is 8.50. The van der Waals surface area contributed by atoms with E-state index in [2.05, 4.69) is 11.4 Å². The highest BCUT2D eigenvalue weighted by atomic mass is 35.5. The Bertz CT molecular complexity index is 587. The topological polar surface area (TPSA) is 61.8 Å². The Hall–Kier alpha value is -2.18. The molecule has 84 valence electrons. The quantitative estimate of drug-likeness (QED) is 0.793. The van der Waals surface area contributed by atoms with Gasteiger partial charge in [0.15, 0.2) is 0 Å². The van der Waals surface area contributed by atoms with Gasteiger partial charge in [-0.3, -0.25) is 0 Å². The Morgan fingerprint density at radius 2 is 2.00 bits per heavy atom. The second kappa shape index (κ2) is 4.77. The summed E-state index contributed by atoms with van der Waals surface area (Å²) in [6.45, 7) is 0. The Morgan fingerprint density at radius 3 is 2.71 bits per heavy atom. The zero-order chi connectivity index (χ0) is 12.3. The lowest BCUT2D eigenvalue weighted by atomic mass is 10.2. The summed E-state index contributed by atoms with van der Waals surface area (Å²) in [6, 6.07) is 14.5. The fourth-order valence-corrected chi connectivity index (χ4v) is 1.65. The van der Waals surface area contributed by atoms with Crippen LogP contribution < -0.4 is 11.1 Å². The molecule has 0 atom stereocenters. The van der Waals surface area contributed by atoms with Gasteiger partial charge in [-0.15, -0.1) is 0 Å². The number of nitriles is 1. The van der Waals surface area contributed by atoms with Crippen molar-refractivity contribution in [3.8, 4) is 6.07 Å². The molecule has 0 saturated heterocycles. The SMILES string of the molecule is N#Cc1ccc(N)c(Nc2cccc(Cl)c2)c1. The lowest BCUT2D eigenvalue weighted by Crippen LogP contribution is -1.96. The van der Waals surface area contributed by atoms with E-state index in [9.17, 15) is 0 Å². The highest BCUT2D eigenvalue weighted by Crippen LogP contribution is 2.25. The highest BCUT2D eigenvalue weighted by molar-refractivity contribution is 6.30. The second-order valence-corrected chi connectivity index (χ2v) is 3.99. The minimum Gasteiger partial charge on any atom is -0.397 e. The third-order valence-corrected chi connectivity index (χ3v) is 2.52. The molecule has 0 heterocycles. The van der Waals surface area contributed by atoms with Gasteiger partial charge in [0.1, 0.15) is 0 Å². The van der Waals surface area contributed by atoms with E-state index < -0.39 is 0 Å². The number of benzene rings is 2. The van der Waals surface area contributed by atoms with Crippen molar-refractivity contribution in [2.45, 2.75) is 0 Å². The van der Waals surface area contributed by atoms with Crippen LogP contribution in [0.3, 0.4) is 0 Å². The molecule has 17 heavy (non-hydrogen) atoms. The predicted molar refractivity (Wildman–Crippen MR) is 70.3 cm³/mol. The maximum Gasteiger partial charge on any atom is 0.0992 e. The minimum atomic E-state index is 0.559. The fourth-order valence-electron chi connectivity index (χ4n) is 1.46. The Balaban J connectivity index is 2.33. The molecule has 3 nitrogen and oxygen atoms in total. The van der Waals surface area contributed by atoms with E-state index in [0.29, 0.717) is 22.0 Å². The van der Waals surface area contributed by atoms with E-state index in [1.54, 1.807) is 30.3 Å². The predicted octanol–water partition coefficient (Wildman–Crippen LogP) is 3.54. The van der Waals surface area contributed by atoms with Crippen molar-refractivity contribution in [1.29, 1.82) is 5.26 Å². The molecule has 0 aliphatic rings. The van der Waals surface area contributed by atoms with Crippen LogP contribution in [0.15, 0.2) is 42.5 Å². The first-order valence-corrected chi connectivity index (χ1v) is 5.39. The zero-order valence-corrected chi connectivity index (χ0v) is 9.70. The molecule has 2 aromatic carbocycles. The molecule has 2 aromatic rings. The van der Waals surface area contributed by atoms with Gasteiger partial charge in [0.05, 0.1) is 23.0 Å². The van der Waals surface area contributed by atoms with Crippen LogP contribution in [0.1, 0.15) is 5.56 Å². The first-order valence-electron chi connectivity index (χ1n) is 5.01. The first-order chi connectivity index (χ1) is 8.19. The maximum atomic E-state index is 8.82. The van der Waals surface area contributed by atoms with Crippen LogP contribution >= 0.6 is 11.6 Å². The molecule has 0 fully saturated rings. The molecule has 0 radical (unpaired) electrons. The van der Waals surface area contributed by atoms with Gasteiger partial charge < -0.3 is 11.1 Å². The molecule has 3 N–H and O–H groups in total. The molecular formula is C13H10ClN3. The average Bonchev–Trinajstić information content (AvgIpc) is 2.32. The molecule has 4 heteroatoms. The molecule has 0 aliphatic carbocycles. The fraction of sp³-hybridized carbons (Fsp3) is 0. The summed E-state index contributed by atoms with van der Waals surface area (Å²) in [5, 5.41) is 12.6. The number of hydrogen-bond donors (Lipinski definition) is 2. The van der Waals surface area contributed by atoms with Crippen molar-refractivity contribution in [3.63, 3.8) is 0 Å². The number of nitrogens with one attached hydrogen (secondary N) is 1. The van der Waals surface area contributed by atoms with E-state index in [-0.39, 0.29) is 0 Å². The summed E-state index contributed by atoms with van der Waals surface area (Å²) < 4.78 is 0. The summed E-state index contributed by atoms with van der Waals surface area (Å²) in [5.74, 6) is 0. The minimum absolute atomic E-state index is 0.559. The van der Waals surface area contributed by atoms with E-state index in [1.807, 2.05) is 12.1 Å². The van der Waals surface area contributed by atoms with Crippen LogP contribution in [0.4, 0.5) is 17.1 Å². The number of nitrogen functional groups attached to an aromatic ring is 1. The lowest BCUT2D eigenvalue weighted by Gasteiger charge is -2.09. The smallest absolute Gasteiger partial charge is 0.0992 e. The van der Waals surface area contributed by atoms with Gasteiger partial charge in [0.2, 0.25) is 0 Å². The van der Waals surface area contributed by atoms with E-state index in [1.165, 1.54) is 0 Å². The summed E-state index contributed by atoms with van der Waals surface area (Å²) in [6.07, 6.45) is 0. The first kappa shape index (κ1) is 11.3. The third-order valence-electron chi connectivity index (χ3n) is 2.29. The monoisotopic (exact) mass is 243 g/mol. The average molecular weight is 244 g/mol. The van der Waals surface area contributed by atoms with Gasteiger partial charge >= 0.3 is 0 Å². The maximum absolute atomic E-state index is 8.82. The molecule has 0 aliphatic heterocycles.